The monoisotopic (exact) mass is 1850 g/mol. The average Bonchev–Trinajstić information content (AvgIpc) is 0.760. The Labute approximate surface area is 749 Å². The van der Waals surface area contributed by atoms with E-state index in [1.807, 2.05) is 0 Å². The molecule has 10 amide bonds. The molecule has 7 aromatic rings. The number of methoxy groups -OCH3 is 1. The number of aromatic hydroxyl groups is 3. The summed E-state index contributed by atoms with van der Waals surface area (Å²) in [4.78, 5) is 164. The quantitative estimate of drug-likeness (QED) is 0.0318. The number of anilines is 1. The summed E-state index contributed by atoms with van der Waals surface area (Å²) < 4.78 is 45.6. The molecule has 7 aliphatic heterocycles. The molecule has 0 radical (unpaired) electrons. The Morgan fingerprint density at radius 1 is 0.721 bits per heavy atom. The minimum Gasteiger partial charge on any atom is -0.508 e. The number of ether oxygens (including phenoxy) is 7. The molecule has 688 valence electrons. The third kappa shape index (κ3) is 22.6. The Bertz CT molecular complexity index is 5520. The highest BCUT2D eigenvalue weighted by Crippen LogP contribution is 2.50. The van der Waals surface area contributed by atoms with Crippen LogP contribution in [-0.4, -0.2) is 227 Å². The largest absolute Gasteiger partial charge is 0.508 e. The standard InChI is InChI=1S/C85H95Cl3N14O27/c1-36(2)25-49(90-5)76(115)98-67-69(110)40-11-16-53(47(87)27-40)125-55-29-42-30-56(73(55)129-83-74(72(113)71(112)57(35-103)127-83)128-62-34-85(4,75(114)37(3)124-62)91-21-23-102-22-19-59(94-84(102)122)93-60(108)18-9-38-7-13-43(86)14-8-38)126-54-17-12-41(28-48(54)88)70(111)68-81(120)97-66(82(121)101-100-61(109)20-24-123-6)46-31-44(104)32-52(106)63(46)45-26-39(10-15-51(45)105)64(78(117)99-68)96-79(118)65(42)95-77(116)50(33-58(89)107)92-80(67)119/h7-19,22,26-32,36-37,49-50,57,62,64-72,74-75,83,90-91,103-106,110-114H,20-21,23-25,33-35H2,1-6H3,(H2,89,107)(H,92,119)(H,95,116)(H,96,118)(H,97,120)(H,98,115)(H,99,117)(H,100,109)(H,101,121)(H,93,94,108,122)/b18-9+/t37-,49+,50-,57+,62-,64+,65+,66+,67+,68-,69+,70+,71+,72-,74+,75+,83-,85-/m0/s1. The fraction of sp³-hybridized carbons (Fsp3) is 0.388. The first-order chi connectivity index (χ1) is 61.3. The second-order valence-corrected chi connectivity index (χ2v) is 32.9. The number of carbonyl (C=O) groups is 10. The molecule has 7 aliphatic rings. The van der Waals surface area contributed by atoms with Gasteiger partial charge < -0.3 is 133 Å². The van der Waals surface area contributed by atoms with Gasteiger partial charge in [0.2, 0.25) is 65.2 Å². The van der Waals surface area contributed by atoms with E-state index in [4.69, 9.17) is 73.7 Å². The normalized spacial score (nSPS) is 25.5. The Balaban J connectivity index is 0.998. The van der Waals surface area contributed by atoms with Crippen LogP contribution in [0.5, 0.6) is 46.0 Å². The van der Waals surface area contributed by atoms with Crippen molar-refractivity contribution in [3.63, 3.8) is 0 Å². The topological polar surface area (TPSA) is 611 Å². The number of fused-ring (bicyclic) bond motifs is 15. The lowest BCUT2D eigenvalue weighted by Crippen LogP contribution is -2.65. The molecule has 0 aliphatic carbocycles. The highest BCUT2D eigenvalue weighted by Gasteiger charge is 2.52. The summed E-state index contributed by atoms with van der Waals surface area (Å²) in [5.41, 5.74) is 5.65. The maximum Gasteiger partial charge on any atom is 0.349 e. The zero-order chi connectivity index (χ0) is 93.3. The number of carbonyl (C=O) groups excluding carboxylic acids is 10. The van der Waals surface area contributed by atoms with E-state index in [-0.39, 0.29) is 61.8 Å². The lowest BCUT2D eigenvalue weighted by atomic mass is 9.85. The number of aliphatic hydroxyl groups excluding tert-OH is 6. The zero-order valence-electron chi connectivity index (χ0n) is 69.7. The van der Waals surface area contributed by atoms with Gasteiger partial charge in [0, 0.05) is 66.6 Å². The van der Waals surface area contributed by atoms with E-state index in [0.717, 1.165) is 66.7 Å². The van der Waals surface area contributed by atoms with E-state index >= 15 is 24.0 Å². The van der Waals surface area contributed by atoms with Crippen molar-refractivity contribution in [3.05, 3.63) is 180 Å². The Kier molecular flexibility index (Phi) is 30.9. The number of nitrogens with zero attached hydrogens (tertiary/aromatic N) is 2. The first-order valence-corrected chi connectivity index (χ1v) is 41.5. The van der Waals surface area contributed by atoms with Crippen LogP contribution in [-0.2, 0) is 73.4 Å². The second-order valence-electron chi connectivity index (χ2n) is 31.7. The lowest BCUT2D eigenvalue weighted by molar-refractivity contribution is -0.334. The molecule has 0 spiro atoms. The summed E-state index contributed by atoms with van der Waals surface area (Å²) in [6, 6.07) is 7.06. The predicted molar refractivity (Wildman–Crippen MR) is 456 cm³/mol. The summed E-state index contributed by atoms with van der Waals surface area (Å²) in [7, 11) is 2.76. The van der Waals surface area contributed by atoms with Gasteiger partial charge in [0.05, 0.1) is 54.4 Å². The predicted octanol–water partition coefficient (Wildman–Crippen LogP) is 1.40. The molecule has 2 saturated heterocycles. The fourth-order valence-electron chi connectivity index (χ4n) is 15.2. The van der Waals surface area contributed by atoms with E-state index in [1.165, 1.54) is 62.2 Å². The summed E-state index contributed by atoms with van der Waals surface area (Å²) in [6.45, 7) is 5.43. The van der Waals surface area contributed by atoms with Crippen molar-refractivity contribution in [2.24, 2.45) is 11.7 Å². The molecule has 8 heterocycles. The number of aliphatic hydroxyl groups is 6. The highest BCUT2D eigenvalue weighted by atomic mass is 35.5. The molecular weight excluding hydrogens is 1760 g/mol. The molecule has 129 heavy (non-hydrogen) atoms. The van der Waals surface area contributed by atoms with E-state index in [1.54, 1.807) is 45.0 Å². The number of aromatic nitrogens is 2. The van der Waals surface area contributed by atoms with Gasteiger partial charge in [0.15, 0.2) is 23.9 Å². The van der Waals surface area contributed by atoms with Crippen LogP contribution in [0, 0.1) is 5.92 Å². The number of halogens is 3. The zero-order valence-corrected chi connectivity index (χ0v) is 71.9. The second kappa shape index (κ2) is 41.5. The first-order valence-electron chi connectivity index (χ1n) is 40.4. The van der Waals surface area contributed by atoms with Gasteiger partial charge in [-0.05, 0) is 145 Å². The molecule has 6 aromatic carbocycles. The minimum absolute atomic E-state index is 0.0422. The summed E-state index contributed by atoms with van der Waals surface area (Å²) in [5.74, 6) is -17.5. The number of primary amides is 1. The van der Waals surface area contributed by atoms with Crippen molar-refractivity contribution in [1.82, 2.24) is 62.9 Å². The van der Waals surface area contributed by atoms with Crippen molar-refractivity contribution in [2.45, 2.75) is 169 Å². The van der Waals surface area contributed by atoms with Crippen molar-refractivity contribution < 1.29 is 127 Å². The van der Waals surface area contributed by atoms with Crippen LogP contribution in [0.1, 0.15) is 117 Å². The number of hydrazine groups is 1. The first kappa shape index (κ1) is 95.9. The number of hydrogen-bond acceptors (Lipinski definition) is 30. The van der Waals surface area contributed by atoms with Gasteiger partial charge in [-0.1, -0.05) is 79.0 Å². The number of rotatable bonds is 23. The highest BCUT2D eigenvalue weighted by molar-refractivity contribution is 6.32. The number of nitrogens with two attached hydrogens (primary N) is 1. The van der Waals surface area contributed by atoms with Crippen molar-refractivity contribution in [1.29, 1.82) is 0 Å². The van der Waals surface area contributed by atoms with E-state index < -0.39 is 271 Å². The lowest BCUT2D eigenvalue weighted by Gasteiger charge is -2.48. The number of nitrogens with one attached hydrogen (secondary N) is 11. The molecule has 11 bridgehead atoms. The molecule has 44 heteroatoms. The van der Waals surface area contributed by atoms with Crippen LogP contribution in [0.4, 0.5) is 5.82 Å². The minimum atomic E-state index is -2.42. The third-order valence-corrected chi connectivity index (χ3v) is 22.8. The number of likely N-dealkylation sites (N-methyl/N-ethyl adjacent to an activating group) is 1. The van der Waals surface area contributed by atoms with Crippen molar-refractivity contribution >= 4 is 106 Å². The Morgan fingerprint density at radius 2 is 1.37 bits per heavy atom. The Hall–Kier alpha value is -12.2. The van der Waals surface area contributed by atoms with E-state index in [0.29, 0.717) is 10.6 Å². The van der Waals surface area contributed by atoms with E-state index in [9.17, 15) is 74.7 Å². The molecule has 0 saturated carbocycles. The van der Waals surface area contributed by atoms with E-state index in [2.05, 4.69) is 63.7 Å². The maximum atomic E-state index is 16.4. The maximum absolute atomic E-state index is 16.4. The summed E-state index contributed by atoms with van der Waals surface area (Å²) in [6.07, 6.45) is -15.9. The van der Waals surface area contributed by atoms with Gasteiger partial charge in [0.25, 0.3) is 5.91 Å². The van der Waals surface area contributed by atoms with Gasteiger partial charge >= 0.3 is 5.69 Å². The van der Waals surface area contributed by atoms with Crippen LogP contribution in [0.25, 0.3) is 17.2 Å². The number of phenolic OH excluding ortho intramolecular Hbond substituents is 3. The molecule has 0 unspecified atom stereocenters. The average molecular weight is 1850 g/mol. The van der Waals surface area contributed by atoms with Gasteiger partial charge in [-0.3, -0.25) is 63.4 Å². The molecule has 2 fully saturated rings. The smallest absolute Gasteiger partial charge is 0.349 e. The number of benzene rings is 6. The van der Waals surface area contributed by atoms with Gasteiger partial charge in [-0.25, -0.2) is 4.79 Å². The van der Waals surface area contributed by atoms with Gasteiger partial charge in [-0.15, -0.1) is 0 Å². The number of phenols is 3. The molecule has 14 rings (SSSR count). The van der Waals surface area contributed by atoms with Crippen LogP contribution >= 0.6 is 34.8 Å². The van der Waals surface area contributed by atoms with Crippen LogP contribution in [0.2, 0.25) is 15.1 Å². The van der Waals surface area contributed by atoms with Crippen molar-refractivity contribution in [3.8, 4) is 57.1 Å². The molecule has 22 N–H and O–H groups in total. The Morgan fingerprint density at radius 3 is 2.01 bits per heavy atom. The van der Waals surface area contributed by atoms with Crippen LogP contribution in [0.15, 0.2) is 126 Å². The molecular formula is C85H95Cl3N14O27. The molecule has 41 nitrogen and oxygen atoms in total. The third-order valence-electron chi connectivity index (χ3n) is 21.9. The SMILES string of the molecule is CN[C@H](CC(C)C)C(=O)N[C@H]1C(=O)N[C@@H](CC(N)=O)C(=O)N[C@H]2C(=O)N[C@H]3C(=O)N[C@H](C(=O)N[C@@H](C(=O)NNC(=O)CCOC)c4cc(O)cc(O)c4-c4cc3ccc4O)[C@H](O)c3ccc(c(Cl)c3)Oc3cc2cc(c3O[C@@H]2O[C@H](CO)[C@@H](O)[C@H](O)[C@H]2O[C@H]2C[C@](C)(NCCn3ccc(NC(=O)/C=C/c4ccc(Cl)cc4)nc3=O)[C@H](O)[C@H](C)O2)Oc2ccc(cc2Cl)[C@H]1O. The summed E-state index contributed by atoms with van der Waals surface area (Å²) in [5, 5.41) is 130. The van der Waals surface area contributed by atoms with Gasteiger partial charge in [0.1, 0.15) is 101 Å². The van der Waals surface area contributed by atoms with Crippen molar-refractivity contribution in [2.75, 3.05) is 39.2 Å². The molecule has 18 atom stereocenters. The molecule has 1 aromatic heterocycles. The number of hydrogen-bond donors (Lipinski definition) is 21. The van der Waals surface area contributed by atoms with Crippen LogP contribution < -0.4 is 84.3 Å². The fourth-order valence-corrected chi connectivity index (χ4v) is 15.7. The number of amides is 10. The van der Waals surface area contributed by atoms with Gasteiger partial charge in [-0.2, -0.15) is 4.98 Å². The summed E-state index contributed by atoms with van der Waals surface area (Å²) >= 11 is 20.4. The van der Waals surface area contributed by atoms with Crippen LogP contribution in [0.3, 0.4) is 0 Å².